The van der Waals surface area contributed by atoms with Gasteiger partial charge in [0, 0.05) is 6.04 Å². The number of nitrogens with one attached hydrogen (secondary N) is 1. The lowest BCUT2D eigenvalue weighted by molar-refractivity contribution is -0.111. The van der Waals surface area contributed by atoms with Gasteiger partial charge in [0.2, 0.25) is 5.91 Å². The molecule has 2 aliphatic rings. The lowest BCUT2D eigenvalue weighted by Crippen LogP contribution is -2.09. The van der Waals surface area contributed by atoms with E-state index in [2.05, 4.69) is 5.32 Å². The van der Waals surface area contributed by atoms with Crippen molar-refractivity contribution >= 4 is 5.91 Å². The van der Waals surface area contributed by atoms with E-state index in [0.29, 0.717) is 0 Å². The Morgan fingerprint density at radius 1 is 2.00 bits per heavy atom. The van der Waals surface area contributed by atoms with E-state index in [0.717, 1.165) is 6.42 Å². The highest BCUT2D eigenvalue weighted by Crippen LogP contribution is 2.43. The zero-order valence-electron chi connectivity index (χ0n) is 3.77. The molecule has 3 nitrogen and oxygen atoms in total. The number of carbonyl (C=O) groups excluding carboxylic acids is 1. The van der Waals surface area contributed by atoms with Gasteiger partial charge in [-0.2, -0.15) is 0 Å². The summed E-state index contributed by atoms with van der Waals surface area (Å²) in [5.74, 6) is 0.139. The summed E-state index contributed by atoms with van der Waals surface area (Å²) in [5.41, 5.74) is 5.18. The highest BCUT2D eigenvalue weighted by Gasteiger charge is 2.70. The first-order valence-corrected chi connectivity index (χ1v) is 2.34. The molecule has 1 spiro atoms. The lowest BCUT2D eigenvalue weighted by Gasteiger charge is -1.69. The van der Waals surface area contributed by atoms with Crippen LogP contribution in [0.2, 0.25) is 0 Å². The van der Waals surface area contributed by atoms with Gasteiger partial charge in [0.1, 0.15) is 5.54 Å². The van der Waals surface area contributed by atoms with Gasteiger partial charge in [-0.05, 0) is 6.42 Å². The van der Waals surface area contributed by atoms with E-state index >= 15 is 0 Å². The van der Waals surface area contributed by atoms with Gasteiger partial charge in [0.25, 0.3) is 0 Å². The van der Waals surface area contributed by atoms with E-state index < -0.39 is 0 Å². The van der Waals surface area contributed by atoms with E-state index in [4.69, 9.17) is 5.73 Å². The van der Waals surface area contributed by atoms with E-state index in [9.17, 15) is 4.79 Å². The first-order chi connectivity index (χ1) is 3.26. The quantitative estimate of drug-likeness (QED) is 0.365. The summed E-state index contributed by atoms with van der Waals surface area (Å²) in [6.45, 7) is 0. The van der Waals surface area contributed by atoms with Crippen molar-refractivity contribution in [3.05, 3.63) is 0 Å². The average Bonchev–Trinajstić information content (AvgIpc) is 2.28. The molecule has 3 heteroatoms. The van der Waals surface area contributed by atoms with Crippen molar-refractivity contribution in [1.29, 1.82) is 0 Å². The average molecular weight is 98.1 g/mol. The van der Waals surface area contributed by atoms with Gasteiger partial charge in [0.15, 0.2) is 0 Å². The second kappa shape index (κ2) is 0.591. The maximum Gasteiger partial charge on any atom is 0.248 e. The number of amides is 1. The predicted octanol–water partition coefficient (Wildman–Crippen LogP) is -1.41. The zero-order chi connectivity index (χ0) is 5.07. The van der Waals surface area contributed by atoms with E-state index in [1.165, 1.54) is 0 Å². The Balaban J connectivity index is 2.24. The molecule has 1 aliphatic carbocycles. The van der Waals surface area contributed by atoms with Crippen LogP contribution < -0.4 is 11.1 Å². The highest BCUT2D eigenvalue weighted by atomic mass is 16.2. The van der Waals surface area contributed by atoms with Gasteiger partial charge in [0.05, 0.1) is 0 Å². The van der Waals surface area contributed by atoms with Crippen molar-refractivity contribution in [1.82, 2.24) is 5.32 Å². The van der Waals surface area contributed by atoms with Gasteiger partial charge in [-0.15, -0.1) is 0 Å². The molecule has 2 atom stereocenters. The van der Waals surface area contributed by atoms with Crippen LogP contribution in [0.4, 0.5) is 0 Å². The van der Waals surface area contributed by atoms with Crippen LogP contribution in [0.3, 0.4) is 0 Å². The fourth-order valence-corrected chi connectivity index (χ4v) is 0.864. The zero-order valence-corrected chi connectivity index (χ0v) is 3.77. The highest BCUT2D eigenvalue weighted by molar-refractivity contribution is 6.06. The van der Waals surface area contributed by atoms with Crippen LogP contribution in [0.15, 0.2) is 0 Å². The SMILES string of the molecule is NC1CC12NC2=O. The topological polar surface area (TPSA) is 65.0 Å². The van der Waals surface area contributed by atoms with Crippen molar-refractivity contribution in [2.24, 2.45) is 5.73 Å². The van der Waals surface area contributed by atoms with Gasteiger partial charge in [-0.1, -0.05) is 0 Å². The molecule has 7 heavy (non-hydrogen) atoms. The molecule has 2 unspecified atom stereocenters. The normalized spacial score (nSPS) is 54.4. The van der Waals surface area contributed by atoms with Crippen LogP contribution in [0.1, 0.15) is 6.42 Å². The number of hydrogen-bond donors (Lipinski definition) is 2. The third-order valence-electron chi connectivity index (χ3n) is 1.69. The Bertz CT molecular complexity index is 145. The fourth-order valence-electron chi connectivity index (χ4n) is 0.864. The minimum absolute atomic E-state index is 0.125. The Morgan fingerprint density at radius 2 is 2.43 bits per heavy atom. The van der Waals surface area contributed by atoms with Crippen LogP contribution in [0.25, 0.3) is 0 Å². The number of hydrogen-bond acceptors (Lipinski definition) is 2. The first-order valence-electron chi connectivity index (χ1n) is 2.34. The number of rotatable bonds is 0. The number of carbonyl (C=O) groups is 1. The molecule has 0 aromatic rings. The molecule has 3 N–H and O–H groups in total. The molecule has 1 heterocycles. The maximum atomic E-state index is 10.3. The molecule has 1 aliphatic heterocycles. The first kappa shape index (κ1) is 3.43. The lowest BCUT2D eigenvalue weighted by atomic mass is 10.5. The van der Waals surface area contributed by atoms with E-state index in [1.807, 2.05) is 0 Å². The Hall–Kier alpha value is -0.570. The molecule has 38 valence electrons. The molecule has 0 aromatic heterocycles. The number of nitrogens with two attached hydrogens (primary N) is 1. The van der Waals surface area contributed by atoms with Crippen molar-refractivity contribution in [3.63, 3.8) is 0 Å². The summed E-state index contributed by atoms with van der Waals surface area (Å²) in [7, 11) is 0. The van der Waals surface area contributed by atoms with Crippen LogP contribution in [0.5, 0.6) is 0 Å². The van der Waals surface area contributed by atoms with Gasteiger partial charge >= 0.3 is 0 Å². The van der Waals surface area contributed by atoms with Crippen molar-refractivity contribution in [2.45, 2.75) is 18.0 Å². The second-order valence-electron chi connectivity index (χ2n) is 2.24. The molecule has 0 aromatic carbocycles. The summed E-state index contributed by atoms with van der Waals surface area (Å²) in [6.07, 6.45) is 0.853. The van der Waals surface area contributed by atoms with Crippen molar-refractivity contribution in [3.8, 4) is 0 Å². The standard InChI is InChI=1S/C4H6N2O/c5-2-1-4(2)3(7)6-4/h2H,1,5H2,(H,6,7). The van der Waals surface area contributed by atoms with Crippen molar-refractivity contribution < 1.29 is 4.79 Å². The van der Waals surface area contributed by atoms with Crippen LogP contribution in [-0.4, -0.2) is 17.5 Å². The fraction of sp³-hybridized carbons (Fsp3) is 0.750. The Morgan fingerprint density at radius 3 is 2.43 bits per heavy atom. The van der Waals surface area contributed by atoms with Gasteiger partial charge in [-0.25, -0.2) is 0 Å². The minimum Gasteiger partial charge on any atom is -0.338 e. The molecule has 1 amide bonds. The second-order valence-corrected chi connectivity index (χ2v) is 2.24. The smallest absolute Gasteiger partial charge is 0.248 e. The Kier molecular flexibility index (Phi) is 0.290. The molecule has 2 fully saturated rings. The van der Waals surface area contributed by atoms with Crippen LogP contribution in [0, 0.1) is 0 Å². The summed E-state index contributed by atoms with van der Waals surface area (Å²) < 4.78 is 0. The molecule has 2 rings (SSSR count). The van der Waals surface area contributed by atoms with Crippen LogP contribution in [-0.2, 0) is 4.79 Å². The van der Waals surface area contributed by atoms with Crippen LogP contribution >= 0.6 is 0 Å². The largest absolute Gasteiger partial charge is 0.338 e. The summed E-state index contributed by atoms with van der Waals surface area (Å²) >= 11 is 0. The third-order valence-corrected chi connectivity index (χ3v) is 1.69. The molecule has 1 saturated heterocycles. The molecule has 1 saturated carbocycles. The Labute approximate surface area is 40.9 Å². The summed E-state index contributed by atoms with van der Waals surface area (Å²) in [4.78, 5) is 10.3. The monoisotopic (exact) mass is 98.0 g/mol. The van der Waals surface area contributed by atoms with Crippen molar-refractivity contribution in [2.75, 3.05) is 0 Å². The van der Waals surface area contributed by atoms with E-state index in [1.54, 1.807) is 0 Å². The minimum atomic E-state index is -0.194. The molecular weight excluding hydrogens is 92.1 g/mol. The maximum absolute atomic E-state index is 10.3. The molecule has 0 bridgehead atoms. The molecule has 0 radical (unpaired) electrons. The summed E-state index contributed by atoms with van der Waals surface area (Å²) in [6, 6.07) is 0.125. The van der Waals surface area contributed by atoms with E-state index in [-0.39, 0.29) is 17.5 Å². The van der Waals surface area contributed by atoms with Gasteiger partial charge in [-0.3, -0.25) is 4.79 Å². The van der Waals surface area contributed by atoms with Gasteiger partial charge < -0.3 is 11.1 Å². The third kappa shape index (κ3) is 0.210. The summed E-state index contributed by atoms with van der Waals surface area (Å²) in [5, 5.41) is 2.67. The predicted molar refractivity (Wildman–Crippen MR) is 23.5 cm³/mol. The molecular formula is C4H6N2O.